The minimum Gasteiger partial charge on any atom is -0.492 e. The highest BCUT2D eigenvalue weighted by Crippen LogP contribution is 2.13. The maximum atomic E-state index is 11.0. The number of rotatable bonds is 19. The lowest BCUT2D eigenvalue weighted by Gasteiger charge is -2.28. The van der Waals surface area contributed by atoms with Crippen molar-refractivity contribution >= 4 is 5.97 Å². The van der Waals surface area contributed by atoms with Gasteiger partial charge in [-0.3, -0.25) is 4.79 Å². The molecule has 2 atom stereocenters. The number of likely N-dealkylation sites (N-methyl/N-ethyl adjacent to an activating group) is 1. The number of aliphatic hydroxyl groups is 1. The summed E-state index contributed by atoms with van der Waals surface area (Å²) in [5, 5.41) is 19.0. The van der Waals surface area contributed by atoms with E-state index in [2.05, 4.69) is 6.92 Å². The molecule has 0 aliphatic heterocycles. The lowest BCUT2D eigenvalue weighted by molar-refractivity contribution is -0.873. The van der Waals surface area contributed by atoms with Crippen molar-refractivity contribution in [1.82, 2.24) is 0 Å². The highest BCUT2D eigenvalue weighted by molar-refractivity contribution is 5.67. The maximum Gasteiger partial charge on any atom is 0.307 e. The number of unbranched alkanes of at least 4 members (excludes halogenated alkanes) is 10. The molecule has 5 nitrogen and oxygen atoms in total. The van der Waals surface area contributed by atoms with Crippen molar-refractivity contribution in [3.8, 4) is 0 Å². The highest BCUT2D eigenvalue weighted by atomic mass is 16.5. The van der Waals surface area contributed by atoms with Gasteiger partial charge in [0, 0.05) is 0 Å². The first-order chi connectivity index (χ1) is 13.2. The topological polar surface area (TPSA) is 66.8 Å². The molecule has 0 aliphatic rings. The van der Waals surface area contributed by atoms with E-state index in [-0.39, 0.29) is 12.5 Å². The zero-order chi connectivity index (χ0) is 21.3. The Morgan fingerprint density at radius 1 is 0.929 bits per heavy atom. The van der Waals surface area contributed by atoms with Crippen LogP contribution in [0.4, 0.5) is 0 Å². The number of quaternary nitrogens is 1. The average Bonchev–Trinajstić information content (AvgIpc) is 2.57. The lowest BCUT2D eigenvalue weighted by Crippen LogP contribution is -2.42. The molecule has 28 heavy (non-hydrogen) atoms. The molecule has 2 N–H and O–H groups in total. The van der Waals surface area contributed by atoms with Gasteiger partial charge in [0.05, 0.1) is 39.9 Å². The number of carboxylic acids is 1. The quantitative estimate of drug-likeness (QED) is 0.179. The van der Waals surface area contributed by atoms with E-state index in [1.54, 1.807) is 6.08 Å². The number of aliphatic hydroxyl groups excluding tert-OH is 1. The van der Waals surface area contributed by atoms with E-state index < -0.39 is 12.1 Å². The summed E-state index contributed by atoms with van der Waals surface area (Å²) in [6, 6.07) is 0. The number of hydrogen-bond donors (Lipinski definition) is 2. The predicted molar refractivity (Wildman–Crippen MR) is 116 cm³/mol. The van der Waals surface area contributed by atoms with Crippen LogP contribution < -0.4 is 0 Å². The molecule has 0 saturated heterocycles. The first-order valence-corrected chi connectivity index (χ1v) is 11.3. The first kappa shape index (κ1) is 26.9. The summed E-state index contributed by atoms with van der Waals surface area (Å²) >= 11 is 0. The van der Waals surface area contributed by atoms with Crippen LogP contribution in [0.5, 0.6) is 0 Å². The third-order valence-corrected chi connectivity index (χ3v) is 4.83. The summed E-state index contributed by atoms with van der Waals surface area (Å²) in [4.78, 5) is 11.0. The molecule has 5 heteroatoms. The molecule has 0 aliphatic carbocycles. The van der Waals surface area contributed by atoms with E-state index in [9.17, 15) is 9.90 Å². The maximum absolute atomic E-state index is 11.0. The van der Waals surface area contributed by atoms with Crippen LogP contribution in [0, 0.1) is 0 Å². The van der Waals surface area contributed by atoms with Crippen LogP contribution in [0.2, 0.25) is 0 Å². The largest absolute Gasteiger partial charge is 0.492 e. The van der Waals surface area contributed by atoms with Gasteiger partial charge in [0.25, 0.3) is 0 Å². The second-order valence-electron chi connectivity index (χ2n) is 9.05. The van der Waals surface area contributed by atoms with E-state index >= 15 is 0 Å². The van der Waals surface area contributed by atoms with Crippen LogP contribution in [0.15, 0.2) is 12.3 Å². The molecule has 0 spiro atoms. The smallest absolute Gasteiger partial charge is 0.307 e. The Labute approximate surface area is 173 Å². The molecule has 0 fully saturated rings. The summed E-state index contributed by atoms with van der Waals surface area (Å²) < 4.78 is 6.20. The molecule has 0 aromatic heterocycles. The molecule has 0 amide bonds. The van der Waals surface area contributed by atoms with Gasteiger partial charge in [0.1, 0.15) is 6.54 Å². The Kier molecular flexibility index (Phi) is 16.2. The summed E-state index contributed by atoms with van der Waals surface area (Å²) in [5.74, 6) is -0.867. The van der Waals surface area contributed by atoms with Gasteiger partial charge in [-0.1, -0.05) is 77.6 Å². The van der Waals surface area contributed by atoms with E-state index in [1.165, 1.54) is 64.0 Å². The molecule has 0 bridgehead atoms. The van der Waals surface area contributed by atoms with Crippen molar-refractivity contribution in [2.75, 3.05) is 27.7 Å². The number of aliphatic carboxylic acids is 1. The molecule has 0 rings (SSSR count). The second-order valence-corrected chi connectivity index (χ2v) is 9.05. The third kappa shape index (κ3) is 19.7. The van der Waals surface area contributed by atoms with Crippen LogP contribution in [0.1, 0.15) is 90.4 Å². The van der Waals surface area contributed by atoms with Gasteiger partial charge in [-0.05, 0) is 12.5 Å². The van der Waals surface area contributed by atoms with Crippen LogP contribution >= 0.6 is 0 Å². The van der Waals surface area contributed by atoms with Crippen molar-refractivity contribution in [2.45, 2.75) is 103 Å². The average molecular weight is 401 g/mol. The standard InChI is InChI=1S/C23H45NO4/c1-5-6-7-8-9-10-11-12-13-14-15-16-21(25)17-18-28-22(19-23(26)27)20-24(2,3)4/h17-18,21-22,25H,5-16,19-20H2,1-4H3/p+1/t21?,22-/m1/s1. The van der Waals surface area contributed by atoms with Gasteiger partial charge in [0.15, 0.2) is 6.10 Å². The normalized spacial score (nSPS) is 14.3. The van der Waals surface area contributed by atoms with Gasteiger partial charge >= 0.3 is 5.97 Å². The van der Waals surface area contributed by atoms with Crippen molar-refractivity contribution in [1.29, 1.82) is 0 Å². The fourth-order valence-electron chi connectivity index (χ4n) is 3.32. The summed E-state index contributed by atoms with van der Waals surface area (Å²) in [6.07, 6.45) is 17.1. The molecule has 1 unspecified atom stereocenters. The van der Waals surface area contributed by atoms with Gasteiger partial charge in [-0.25, -0.2) is 0 Å². The Hall–Kier alpha value is -1.07. The third-order valence-electron chi connectivity index (χ3n) is 4.83. The van der Waals surface area contributed by atoms with Crippen LogP contribution in [0.25, 0.3) is 0 Å². The molecule has 0 radical (unpaired) electrons. The van der Waals surface area contributed by atoms with Crippen molar-refractivity contribution < 1.29 is 24.2 Å². The highest BCUT2D eigenvalue weighted by Gasteiger charge is 2.21. The predicted octanol–water partition coefficient (Wildman–Crippen LogP) is 5.13. The minimum atomic E-state index is -0.867. The van der Waals surface area contributed by atoms with Gasteiger partial charge < -0.3 is 19.4 Å². The zero-order valence-corrected chi connectivity index (χ0v) is 18.9. The van der Waals surface area contributed by atoms with E-state index in [0.29, 0.717) is 11.0 Å². The lowest BCUT2D eigenvalue weighted by atomic mass is 10.0. The van der Waals surface area contributed by atoms with E-state index in [4.69, 9.17) is 9.84 Å². The number of hydrogen-bond acceptors (Lipinski definition) is 3. The molecular formula is C23H46NO4+. The van der Waals surface area contributed by atoms with Gasteiger partial charge in [-0.2, -0.15) is 0 Å². The fraction of sp³-hybridized carbons (Fsp3) is 0.870. The molecule has 0 aromatic carbocycles. The summed E-state index contributed by atoms with van der Waals surface area (Å²) in [5.41, 5.74) is 0. The number of ether oxygens (including phenoxy) is 1. The SMILES string of the molecule is CCCCCCCCCCCCCC(O)C=CO[C@H](CC(=O)O)C[N+](C)(C)C. The van der Waals surface area contributed by atoms with E-state index in [1.807, 2.05) is 21.1 Å². The molecule has 0 saturated carbocycles. The van der Waals surface area contributed by atoms with Crippen molar-refractivity contribution in [2.24, 2.45) is 0 Å². The van der Waals surface area contributed by atoms with Crippen LogP contribution in [-0.4, -0.2) is 60.6 Å². The molecule has 0 aromatic rings. The molecule has 166 valence electrons. The number of carbonyl (C=O) groups is 1. The Bertz CT molecular complexity index is 404. The van der Waals surface area contributed by atoms with Crippen molar-refractivity contribution in [3.05, 3.63) is 12.3 Å². The summed E-state index contributed by atoms with van der Waals surface area (Å²) in [7, 11) is 6.01. The summed E-state index contributed by atoms with van der Waals surface area (Å²) in [6.45, 7) is 2.85. The first-order valence-electron chi connectivity index (χ1n) is 11.3. The van der Waals surface area contributed by atoms with Crippen LogP contribution in [-0.2, 0) is 9.53 Å². The van der Waals surface area contributed by atoms with Crippen LogP contribution in [0.3, 0.4) is 0 Å². The molecule has 0 heterocycles. The molecular weight excluding hydrogens is 354 g/mol. The van der Waals surface area contributed by atoms with Crippen molar-refractivity contribution in [3.63, 3.8) is 0 Å². The fourth-order valence-corrected chi connectivity index (χ4v) is 3.32. The minimum absolute atomic E-state index is 0.0332. The Balaban J connectivity index is 3.75. The van der Waals surface area contributed by atoms with Gasteiger partial charge in [0.2, 0.25) is 0 Å². The monoisotopic (exact) mass is 400 g/mol. The number of carboxylic acid groups (broad SMARTS) is 1. The van der Waals surface area contributed by atoms with Gasteiger partial charge in [-0.15, -0.1) is 0 Å². The Morgan fingerprint density at radius 3 is 1.89 bits per heavy atom. The zero-order valence-electron chi connectivity index (χ0n) is 18.9. The Morgan fingerprint density at radius 2 is 1.43 bits per heavy atom. The second kappa shape index (κ2) is 16.8. The number of nitrogens with zero attached hydrogens (tertiary/aromatic N) is 1. The van der Waals surface area contributed by atoms with E-state index in [0.717, 1.165) is 19.3 Å².